The molecule has 0 aliphatic heterocycles. The quantitative estimate of drug-likeness (QED) is 0.465. The highest BCUT2D eigenvalue weighted by Crippen LogP contribution is 1.85. The zero-order chi connectivity index (χ0) is 13.5. The van der Waals surface area contributed by atoms with Crippen molar-refractivity contribution in [1.82, 2.24) is 16.0 Å². The van der Waals surface area contributed by atoms with Gasteiger partial charge in [0.2, 0.25) is 0 Å². The molecule has 0 aromatic carbocycles. The Kier molecular flexibility index (Phi) is 13.6. The summed E-state index contributed by atoms with van der Waals surface area (Å²) in [5.74, 6) is 0. The first-order valence-electron chi connectivity index (χ1n) is 7.11. The van der Waals surface area contributed by atoms with E-state index in [1.54, 1.807) is 0 Å². The van der Waals surface area contributed by atoms with E-state index in [2.05, 4.69) is 29.8 Å². The lowest BCUT2D eigenvalue weighted by Gasteiger charge is -2.07. The summed E-state index contributed by atoms with van der Waals surface area (Å²) >= 11 is 0. The number of hydrogen-bond acceptors (Lipinski definition) is 3. The van der Waals surface area contributed by atoms with Gasteiger partial charge in [-0.05, 0) is 32.4 Å². The first kappa shape index (κ1) is 17.2. The predicted molar refractivity (Wildman–Crippen MR) is 74.9 cm³/mol. The molecule has 0 heterocycles. The molecule has 18 heavy (non-hydrogen) atoms. The largest absolute Gasteiger partial charge is 0.381 e. The van der Waals surface area contributed by atoms with Crippen LogP contribution in [0.15, 0.2) is 0 Å². The van der Waals surface area contributed by atoms with Crippen molar-refractivity contribution in [3.63, 3.8) is 0 Å². The molecule has 0 fully saturated rings. The SMILES string of the molecule is CCCCNC(=O)NCCCOCCCNCC. The van der Waals surface area contributed by atoms with Crippen LogP contribution in [0.2, 0.25) is 0 Å². The summed E-state index contributed by atoms with van der Waals surface area (Å²) in [4.78, 5) is 11.3. The Morgan fingerprint density at radius 2 is 1.56 bits per heavy atom. The van der Waals surface area contributed by atoms with Crippen LogP contribution in [0.25, 0.3) is 0 Å². The number of rotatable bonds is 12. The zero-order valence-electron chi connectivity index (χ0n) is 11.9. The molecule has 0 rings (SSSR count). The molecule has 0 unspecified atom stereocenters. The summed E-state index contributed by atoms with van der Waals surface area (Å²) in [6.07, 6.45) is 4.03. The number of unbranched alkanes of at least 4 members (excludes halogenated alkanes) is 1. The van der Waals surface area contributed by atoms with Crippen LogP contribution in [-0.2, 0) is 4.74 Å². The molecule has 0 bridgehead atoms. The fourth-order valence-electron chi connectivity index (χ4n) is 1.40. The van der Waals surface area contributed by atoms with Crippen LogP contribution in [0, 0.1) is 0 Å². The van der Waals surface area contributed by atoms with Crippen LogP contribution < -0.4 is 16.0 Å². The Labute approximate surface area is 111 Å². The van der Waals surface area contributed by atoms with Gasteiger partial charge >= 0.3 is 6.03 Å². The minimum Gasteiger partial charge on any atom is -0.381 e. The van der Waals surface area contributed by atoms with E-state index in [1.807, 2.05) is 0 Å². The summed E-state index contributed by atoms with van der Waals surface area (Å²) in [6.45, 7) is 9.14. The second-order valence-corrected chi connectivity index (χ2v) is 4.21. The van der Waals surface area contributed by atoms with Gasteiger partial charge in [-0.3, -0.25) is 0 Å². The van der Waals surface area contributed by atoms with E-state index in [0.717, 1.165) is 51.9 Å². The highest BCUT2D eigenvalue weighted by Gasteiger charge is 1.97. The monoisotopic (exact) mass is 259 g/mol. The minimum absolute atomic E-state index is 0.0735. The predicted octanol–water partition coefficient (Wildman–Crippen LogP) is 1.49. The molecule has 0 radical (unpaired) electrons. The third-order valence-corrected chi connectivity index (χ3v) is 2.46. The van der Waals surface area contributed by atoms with Crippen molar-refractivity contribution in [3.8, 4) is 0 Å². The molecule has 0 spiro atoms. The first-order valence-corrected chi connectivity index (χ1v) is 7.11. The van der Waals surface area contributed by atoms with Gasteiger partial charge in [-0.2, -0.15) is 0 Å². The number of urea groups is 1. The smallest absolute Gasteiger partial charge is 0.314 e. The number of amides is 2. The molecule has 0 saturated heterocycles. The molecule has 0 atom stereocenters. The molecule has 0 aromatic rings. The van der Waals surface area contributed by atoms with Crippen molar-refractivity contribution in [2.75, 3.05) is 39.4 Å². The number of nitrogens with one attached hydrogen (secondary N) is 3. The second-order valence-electron chi connectivity index (χ2n) is 4.21. The van der Waals surface area contributed by atoms with E-state index in [1.165, 1.54) is 0 Å². The molecule has 0 aromatic heterocycles. The molecule has 0 saturated carbocycles. The van der Waals surface area contributed by atoms with Gasteiger partial charge in [0, 0.05) is 26.3 Å². The van der Waals surface area contributed by atoms with Crippen LogP contribution in [0.5, 0.6) is 0 Å². The fraction of sp³-hybridized carbons (Fsp3) is 0.923. The molecule has 3 N–H and O–H groups in total. The van der Waals surface area contributed by atoms with Crippen molar-refractivity contribution in [1.29, 1.82) is 0 Å². The van der Waals surface area contributed by atoms with Crippen molar-refractivity contribution in [2.24, 2.45) is 0 Å². The van der Waals surface area contributed by atoms with Crippen LogP contribution >= 0.6 is 0 Å². The molecule has 0 aliphatic rings. The van der Waals surface area contributed by atoms with Gasteiger partial charge in [0.25, 0.3) is 0 Å². The summed E-state index contributed by atoms with van der Waals surface area (Å²) in [7, 11) is 0. The van der Waals surface area contributed by atoms with Gasteiger partial charge in [0.05, 0.1) is 0 Å². The van der Waals surface area contributed by atoms with E-state index in [4.69, 9.17) is 4.74 Å². The molecular formula is C13H29N3O2. The number of carbonyl (C=O) groups excluding carboxylic acids is 1. The average Bonchev–Trinajstić information content (AvgIpc) is 2.37. The van der Waals surface area contributed by atoms with Gasteiger partial charge in [0.1, 0.15) is 0 Å². The fourth-order valence-corrected chi connectivity index (χ4v) is 1.40. The van der Waals surface area contributed by atoms with Gasteiger partial charge in [-0.25, -0.2) is 4.79 Å². The summed E-state index contributed by atoms with van der Waals surface area (Å²) in [5, 5.41) is 8.86. The molecule has 5 heteroatoms. The van der Waals surface area contributed by atoms with Crippen molar-refractivity contribution >= 4 is 6.03 Å². The summed E-state index contributed by atoms with van der Waals surface area (Å²) < 4.78 is 5.45. The molecule has 108 valence electrons. The van der Waals surface area contributed by atoms with E-state index >= 15 is 0 Å². The Balaban J connectivity index is 3.08. The second kappa shape index (κ2) is 14.3. The minimum atomic E-state index is -0.0735. The standard InChI is InChI=1S/C13H29N3O2/c1-3-5-9-15-13(17)16-10-7-12-18-11-6-8-14-4-2/h14H,3-12H2,1-2H3,(H2,15,16,17). The summed E-state index contributed by atoms with van der Waals surface area (Å²) in [5.41, 5.74) is 0. The maximum absolute atomic E-state index is 11.3. The third kappa shape index (κ3) is 13.3. The van der Waals surface area contributed by atoms with E-state index in [-0.39, 0.29) is 6.03 Å². The first-order chi connectivity index (χ1) is 8.81. The topological polar surface area (TPSA) is 62.4 Å². The van der Waals surface area contributed by atoms with Crippen molar-refractivity contribution in [2.45, 2.75) is 39.5 Å². The maximum atomic E-state index is 11.3. The lowest BCUT2D eigenvalue weighted by Crippen LogP contribution is -2.36. The maximum Gasteiger partial charge on any atom is 0.314 e. The highest BCUT2D eigenvalue weighted by atomic mass is 16.5. The van der Waals surface area contributed by atoms with Crippen molar-refractivity contribution in [3.05, 3.63) is 0 Å². The molecular weight excluding hydrogens is 230 g/mol. The van der Waals surface area contributed by atoms with Gasteiger partial charge in [0.15, 0.2) is 0 Å². The number of hydrogen-bond donors (Lipinski definition) is 3. The molecule has 0 aliphatic carbocycles. The Bertz CT molecular complexity index is 189. The van der Waals surface area contributed by atoms with Gasteiger partial charge in [-0.1, -0.05) is 20.3 Å². The third-order valence-electron chi connectivity index (χ3n) is 2.46. The van der Waals surface area contributed by atoms with Crippen LogP contribution in [0.4, 0.5) is 4.79 Å². The average molecular weight is 259 g/mol. The zero-order valence-corrected chi connectivity index (χ0v) is 11.9. The van der Waals surface area contributed by atoms with Crippen LogP contribution in [-0.4, -0.2) is 45.4 Å². The van der Waals surface area contributed by atoms with Gasteiger partial charge in [-0.15, -0.1) is 0 Å². The number of carbonyl (C=O) groups is 1. The van der Waals surface area contributed by atoms with Crippen molar-refractivity contribution < 1.29 is 9.53 Å². The Morgan fingerprint density at radius 1 is 0.944 bits per heavy atom. The summed E-state index contributed by atoms with van der Waals surface area (Å²) in [6, 6.07) is -0.0735. The Morgan fingerprint density at radius 3 is 2.17 bits per heavy atom. The molecule has 2 amide bonds. The Hall–Kier alpha value is -0.810. The lowest BCUT2D eigenvalue weighted by molar-refractivity contribution is 0.129. The number of ether oxygens (including phenoxy) is 1. The van der Waals surface area contributed by atoms with Crippen LogP contribution in [0.3, 0.4) is 0 Å². The van der Waals surface area contributed by atoms with E-state index < -0.39 is 0 Å². The van der Waals surface area contributed by atoms with Gasteiger partial charge < -0.3 is 20.7 Å². The van der Waals surface area contributed by atoms with E-state index in [9.17, 15) is 4.79 Å². The normalized spacial score (nSPS) is 10.3. The molecule has 5 nitrogen and oxygen atoms in total. The van der Waals surface area contributed by atoms with Crippen LogP contribution in [0.1, 0.15) is 39.5 Å². The van der Waals surface area contributed by atoms with E-state index in [0.29, 0.717) is 13.2 Å². The lowest BCUT2D eigenvalue weighted by atomic mass is 10.3. The highest BCUT2D eigenvalue weighted by molar-refractivity contribution is 5.73.